The second kappa shape index (κ2) is 8.28. The lowest BCUT2D eigenvalue weighted by Gasteiger charge is -2.08. The molecule has 0 unspecified atom stereocenters. The van der Waals surface area contributed by atoms with Gasteiger partial charge in [0.05, 0.1) is 12.1 Å². The molecule has 0 radical (unpaired) electrons. The summed E-state index contributed by atoms with van der Waals surface area (Å²) in [6.45, 7) is 1.71. The van der Waals surface area contributed by atoms with E-state index in [0.29, 0.717) is 21.4 Å². The highest BCUT2D eigenvalue weighted by molar-refractivity contribution is 7.21. The maximum Gasteiger partial charge on any atom is 0.281 e. The van der Waals surface area contributed by atoms with Crippen molar-refractivity contribution in [1.82, 2.24) is 10.9 Å². The van der Waals surface area contributed by atoms with Crippen LogP contribution in [0.15, 0.2) is 42.5 Å². The summed E-state index contributed by atoms with van der Waals surface area (Å²) in [7, 11) is 1.57. The molecule has 3 aromatic rings. The van der Waals surface area contributed by atoms with Crippen molar-refractivity contribution in [1.29, 1.82) is 0 Å². The van der Waals surface area contributed by atoms with Crippen LogP contribution in [-0.4, -0.2) is 25.5 Å². The van der Waals surface area contributed by atoms with Gasteiger partial charge in [-0.25, -0.2) is 0 Å². The van der Waals surface area contributed by atoms with E-state index in [9.17, 15) is 9.59 Å². The zero-order valence-electron chi connectivity index (χ0n) is 14.7. The number of carbonyl (C=O) groups excluding carboxylic acids is 2. The second-order valence-electron chi connectivity index (χ2n) is 5.71. The Bertz CT molecular complexity index is 1000. The molecule has 3 rings (SSSR count). The van der Waals surface area contributed by atoms with Gasteiger partial charge < -0.3 is 9.47 Å². The van der Waals surface area contributed by atoms with Crippen molar-refractivity contribution >= 4 is 44.8 Å². The molecule has 0 spiro atoms. The number of rotatable bonds is 5. The van der Waals surface area contributed by atoms with Crippen molar-refractivity contribution in [3.05, 3.63) is 57.9 Å². The number of aryl methyl sites for hydroxylation is 1. The predicted octanol–water partition coefficient (Wildman–Crippen LogP) is 3.71. The van der Waals surface area contributed by atoms with E-state index in [1.54, 1.807) is 31.4 Å². The number of hydrogen-bond acceptors (Lipinski definition) is 5. The number of hydrogen-bond donors (Lipinski definition) is 2. The molecule has 0 saturated heterocycles. The van der Waals surface area contributed by atoms with Gasteiger partial charge in [0.25, 0.3) is 11.8 Å². The predicted molar refractivity (Wildman–Crippen MR) is 106 cm³/mol. The lowest BCUT2D eigenvalue weighted by molar-refractivity contribution is -0.123. The number of thiophene rings is 1. The van der Waals surface area contributed by atoms with Gasteiger partial charge >= 0.3 is 0 Å². The number of carbonyl (C=O) groups is 2. The lowest BCUT2D eigenvalue weighted by Crippen LogP contribution is -2.43. The van der Waals surface area contributed by atoms with Crippen molar-refractivity contribution < 1.29 is 19.1 Å². The summed E-state index contributed by atoms with van der Waals surface area (Å²) in [5.74, 6) is 0.278. The average Bonchev–Trinajstić information content (AvgIpc) is 3.00. The van der Waals surface area contributed by atoms with Gasteiger partial charge in [0, 0.05) is 10.1 Å². The Labute approximate surface area is 165 Å². The fourth-order valence-corrected chi connectivity index (χ4v) is 3.83. The Balaban J connectivity index is 1.59. The third kappa shape index (κ3) is 4.50. The van der Waals surface area contributed by atoms with E-state index in [1.165, 1.54) is 11.3 Å². The topological polar surface area (TPSA) is 76.7 Å². The summed E-state index contributed by atoms with van der Waals surface area (Å²) < 4.78 is 11.4. The number of halogens is 1. The lowest BCUT2D eigenvalue weighted by atomic mass is 10.2. The number of benzene rings is 2. The Morgan fingerprint density at radius 3 is 2.67 bits per heavy atom. The van der Waals surface area contributed by atoms with Gasteiger partial charge in [-0.1, -0.05) is 23.7 Å². The molecule has 0 aliphatic rings. The first-order valence-corrected chi connectivity index (χ1v) is 9.22. The third-order valence-electron chi connectivity index (χ3n) is 3.72. The highest BCUT2D eigenvalue weighted by Gasteiger charge is 2.18. The van der Waals surface area contributed by atoms with Crippen LogP contribution in [0, 0.1) is 6.92 Å². The highest BCUT2D eigenvalue weighted by Crippen LogP contribution is 2.37. The van der Waals surface area contributed by atoms with Gasteiger partial charge in [0.1, 0.15) is 16.4 Å². The highest BCUT2D eigenvalue weighted by atomic mass is 35.5. The van der Waals surface area contributed by atoms with Crippen LogP contribution < -0.4 is 20.3 Å². The zero-order chi connectivity index (χ0) is 19.4. The normalized spacial score (nSPS) is 10.5. The second-order valence-corrected chi connectivity index (χ2v) is 7.14. The molecule has 0 bridgehead atoms. The molecule has 2 amide bonds. The fourth-order valence-electron chi connectivity index (χ4n) is 2.39. The molecule has 0 saturated carbocycles. The quantitative estimate of drug-likeness (QED) is 0.635. The van der Waals surface area contributed by atoms with Crippen LogP contribution in [0.4, 0.5) is 0 Å². The number of amides is 2. The third-order valence-corrected chi connectivity index (χ3v) is 5.37. The molecule has 2 aromatic carbocycles. The Morgan fingerprint density at radius 1 is 1.11 bits per heavy atom. The minimum absolute atomic E-state index is 0.221. The summed E-state index contributed by atoms with van der Waals surface area (Å²) in [5, 5.41) is 1.09. The van der Waals surface area contributed by atoms with Gasteiger partial charge in [-0.15, -0.1) is 11.3 Å². The summed E-state index contributed by atoms with van der Waals surface area (Å²) in [5.41, 5.74) is 5.70. The molecule has 27 heavy (non-hydrogen) atoms. The average molecular weight is 405 g/mol. The molecule has 0 fully saturated rings. The van der Waals surface area contributed by atoms with Crippen molar-refractivity contribution in [2.75, 3.05) is 13.7 Å². The zero-order valence-corrected chi connectivity index (χ0v) is 16.2. The van der Waals surface area contributed by atoms with Crippen LogP contribution >= 0.6 is 22.9 Å². The summed E-state index contributed by atoms with van der Waals surface area (Å²) in [4.78, 5) is 24.5. The number of ether oxygens (including phenoxy) is 2. The summed E-state index contributed by atoms with van der Waals surface area (Å²) in [6.07, 6.45) is 0. The van der Waals surface area contributed by atoms with Crippen molar-refractivity contribution in [3.63, 3.8) is 0 Å². The van der Waals surface area contributed by atoms with E-state index < -0.39 is 11.8 Å². The first-order chi connectivity index (χ1) is 13.0. The van der Waals surface area contributed by atoms with Gasteiger partial charge in [-0.2, -0.15) is 0 Å². The molecule has 8 heteroatoms. The smallest absolute Gasteiger partial charge is 0.281 e. The Kier molecular flexibility index (Phi) is 5.83. The number of hydrazine groups is 1. The SMILES string of the molecule is COc1ccc2c(Cl)c(C(=O)NNC(=O)COc3cccc(C)c3)sc2c1. The minimum atomic E-state index is -0.496. The number of nitrogens with one attached hydrogen (secondary N) is 2. The van der Waals surface area contributed by atoms with Crippen molar-refractivity contribution in [2.45, 2.75) is 6.92 Å². The van der Waals surface area contributed by atoms with E-state index >= 15 is 0 Å². The van der Waals surface area contributed by atoms with Gasteiger partial charge in [-0.05, 0) is 42.8 Å². The van der Waals surface area contributed by atoms with E-state index in [0.717, 1.165) is 15.6 Å². The van der Waals surface area contributed by atoms with E-state index in [1.807, 2.05) is 25.1 Å². The van der Waals surface area contributed by atoms with Gasteiger partial charge in [0.15, 0.2) is 6.61 Å². The maximum atomic E-state index is 12.3. The molecule has 2 N–H and O–H groups in total. The van der Waals surface area contributed by atoms with Crippen LogP contribution in [-0.2, 0) is 4.79 Å². The first-order valence-electron chi connectivity index (χ1n) is 8.02. The molecule has 6 nitrogen and oxygen atoms in total. The monoisotopic (exact) mass is 404 g/mol. The molecule has 1 heterocycles. The largest absolute Gasteiger partial charge is 0.497 e. The van der Waals surface area contributed by atoms with Gasteiger partial charge in [-0.3, -0.25) is 20.4 Å². The van der Waals surface area contributed by atoms with Crippen molar-refractivity contribution in [2.24, 2.45) is 0 Å². The number of fused-ring (bicyclic) bond motifs is 1. The van der Waals surface area contributed by atoms with Crippen LogP contribution in [0.2, 0.25) is 5.02 Å². The van der Waals surface area contributed by atoms with E-state index in [2.05, 4.69) is 10.9 Å². The molecule has 1 aromatic heterocycles. The molecule has 140 valence electrons. The summed E-state index contributed by atoms with van der Waals surface area (Å²) >= 11 is 7.51. The molecular formula is C19H17ClN2O4S. The van der Waals surface area contributed by atoms with E-state index in [-0.39, 0.29) is 6.61 Å². The Morgan fingerprint density at radius 2 is 1.93 bits per heavy atom. The molecule has 0 aliphatic heterocycles. The molecular weight excluding hydrogens is 388 g/mol. The minimum Gasteiger partial charge on any atom is -0.497 e. The molecule has 0 aliphatic carbocycles. The van der Waals surface area contributed by atoms with Crippen LogP contribution in [0.25, 0.3) is 10.1 Å². The van der Waals surface area contributed by atoms with Crippen LogP contribution in [0.3, 0.4) is 0 Å². The van der Waals surface area contributed by atoms with Crippen LogP contribution in [0.1, 0.15) is 15.2 Å². The Hall–Kier alpha value is -2.77. The van der Waals surface area contributed by atoms with Gasteiger partial charge in [0.2, 0.25) is 0 Å². The fraction of sp³-hybridized carbons (Fsp3) is 0.158. The summed E-state index contributed by atoms with van der Waals surface area (Å²) in [6, 6.07) is 12.7. The maximum absolute atomic E-state index is 12.3. The van der Waals surface area contributed by atoms with Crippen LogP contribution in [0.5, 0.6) is 11.5 Å². The first kappa shape index (κ1) is 19.0. The molecule has 0 atom stereocenters. The number of methoxy groups -OCH3 is 1. The standard InChI is InChI=1S/C19H17ClN2O4S/c1-11-4-3-5-13(8-11)26-10-16(23)21-22-19(24)18-17(20)14-7-6-12(25-2)9-15(14)27-18/h3-9H,10H2,1-2H3,(H,21,23)(H,22,24). The van der Waals surface area contributed by atoms with E-state index in [4.69, 9.17) is 21.1 Å². The van der Waals surface area contributed by atoms with Crippen molar-refractivity contribution in [3.8, 4) is 11.5 Å².